The average molecular weight is 364 g/mol. The summed E-state index contributed by atoms with van der Waals surface area (Å²) in [6.07, 6.45) is 0. The van der Waals surface area contributed by atoms with Crippen molar-refractivity contribution in [3.63, 3.8) is 0 Å². The maximum atomic E-state index is 12.6. The third-order valence-corrected chi connectivity index (χ3v) is 3.62. The lowest BCUT2D eigenvalue weighted by molar-refractivity contribution is -0.0503. The summed E-state index contributed by atoms with van der Waals surface area (Å²) in [6, 6.07) is 6.09. The van der Waals surface area contributed by atoms with Crippen LogP contribution in [0.5, 0.6) is 5.75 Å². The van der Waals surface area contributed by atoms with Crippen molar-refractivity contribution in [3.05, 3.63) is 29.8 Å². The molecule has 1 fully saturated rings. The second kappa shape index (κ2) is 8.60. The fourth-order valence-electron chi connectivity index (χ4n) is 2.70. The van der Waals surface area contributed by atoms with Crippen molar-refractivity contribution in [1.82, 2.24) is 9.80 Å². The molecule has 24 heavy (non-hydrogen) atoms. The smallest absolute Gasteiger partial charge is 0.387 e. The van der Waals surface area contributed by atoms with Crippen LogP contribution in [0.3, 0.4) is 0 Å². The van der Waals surface area contributed by atoms with E-state index in [1.807, 2.05) is 13.8 Å². The Morgan fingerprint density at radius 1 is 1.25 bits per heavy atom. The fraction of sp³-hybridized carbons (Fsp3) is 0.562. The predicted molar refractivity (Wildman–Crippen MR) is 90.9 cm³/mol. The first-order valence-electron chi connectivity index (χ1n) is 7.60. The lowest BCUT2D eigenvalue weighted by Crippen LogP contribution is -2.54. The van der Waals surface area contributed by atoms with Crippen LogP contribution in [-0.4, -0.2) is 60.6 Å². The second-order valence-electron chi connectivity index (χ2n) is 6.43. The monoisotopic (exact) mass is 363 g/mol. The SMILES string of the molecule is CC(C)(N)CN1CCN(C(=O)c2ccccc2OC(F)F)CC1.Cl. The summed E-state index contributed by atoms with van der Waals surface area (Å²) >= 11 is 0. The van der Waals surface area contributed by atoms with Crippen LogP contribution >= 0.6 is 12.4 Å². The summed E-state index contributed by atoms with van der Waals surface area (Å²) in [5, 5.41) is 0. The van der Waals surface area contributed by atoms with Gasteiger partial charge in [0.05, 0.1) is 5.56 Å². The quantitative estimate of drug-likeness (QED) is 0.871. The molecule has 1 amide bonds. The zero-order valence-electron chi connectivity index (χ0n) is 13.9. The molecule has 0 spiro atoms. The Labute approximate surface area is 147 Å². The molecular formula is C16H24ClF2N3O2. The van der Waals surface area contributed by atoms with Crippen LogP contribution in [-0.2, 0) is 0 Å². The van der Waals surface area contributed by atoms with Gasteiger partial charge in [-0.3, -0.25) is 9.69 Å². The van der Waals surface area contributed by atoms with E-state index in [9.17, 15) is 13.6 Å². The minimum atomic E-state index is -2.95. The number of hydrogen-bond acceptors (Lipinski definition) is 4. The molecule has 1 aliphatic rings. The van der Waals surface area contributed by atoms with Crippen molar-refractivity contribution in [2.75, 3.05) is 32.7 Å². The molecule has 1 aromatic carbocycles. The van der Waals surface area contributed by atoms with Gasteiger partial charge >= 0.3 is 6.61 Å². The Hall–Kier alpha value is -1.44. The lowest BCUT2D eigenvalue weighted by atomic mass is 10.1. The van der Waals surface area contributed by atoms with Gasteiger partial charge in [-0.1, -0.05) is 12.1 Å². The number of carbonyl (C=O) groups is 1. The number of alkyl halides is 2. The van der Waals surface area contributed by atoms with Gasteiger partial charge in [0, 0.05) is 38.3 Å². The van der Waals surface area contributed by atoms with Gasteiger partial charge in [-0.15, -0.1) is 12.4 Å². The molecule has 1 aromatic rings. The third kappa shape index (κ3) is 5.89. The number of hydrogen-bond donors (Lipinski definition) is 1. The molecule has 0 unspecified atom stereocenters. The number of halogens is 3. The predicted octanol–water partition coefficient (Wildman–Crippen LogP) is 2.20. The lowest BCUT2D eigenvalue weighted by Gasteiger charge is -2.37. The van der Waals surface area contributed by atoms with E-state index < -0.39 is 6.61 Å². The molecule has 1 aliphatic heterocycles. The number of piperazine rings is 1. The molecule has 0 aliphatic carbocycles. The van der Waals surface area contributed by atoms with Crippen molar-refractivity contribution >= 4 is 18.3 Å². The number of amides is 1. The molecule has 2 rings (SSSR count). The van der Waals surface area contributed by atoms with E-state index in [1.54, 1.807) is 17.0 Å². The Bertz CT molecular complexity index is 544. The van der Waals surface area contributed by atoms with Gasteiger partial charge in [0.25, 0.3) is 5.91 Å². The first-order chi connectivity index (χ1) is 10.8. The maximum Gasteiger partial charge on any atom is 0.387 e. The normalized spacial score (nSPS) is 16.0. The summed E-state index contributed by atoms with van der Waals surface area (Å²) in [5.41, 5.74) is 5.89. The topological polar surface area (TPSA) is 58.8 Å². The molecule has 0 saturated carbocycles. The fourth-order valence-corrected chi connectivity index (χ4v) is 2.70. The number of ether oxygens (including phenoxy) is 1. The van der Waals surface area contributed by atoms with Crippen molar-refractivity contribution < 1.29 is 18.3 Å². The van der Waals surface area contributed by atoms with Gasteiger partial charge in [0.1, 0.15) is 5.75 Å². The first-order valence-corrected chi connectivity index (χ1v) is 7.60. The summed E-state index contributed by atoms with van der Waals surface area (Å²) in [6.45, 7) is 4.22. The number of nitrogens with two attached hydrogens (primary N) is 1. The van der Waals surface area contributed by atoms with Gasteiger partial charge in [-0.25, -0.2) is 0 Å². The van der Waals surface area contributed by atoms with E-state index in [1.165, 1.54) is 12.1 Å². The molecule has 0 aromatic heterocycles. The third-order valence-electron chi connectivity index (χ3n) is 3.62. The largest absolute Gasteiger partial charge is 0.434 e. The highest BCUT2D eigenvalue weighted by Crippen LogP contribution is 2.22. The number of carbonyl (C=O) groups excluding carboxylic acids is 1. The minimum Gasteiger partial charge on any atom is -0.434 e. The van der Waals surface area contributed by atoms with Gasteiger partial charge in [-0.2, -0.15) is 8.78 Å². The first kappa shape index (κ1) is 20.6. The van der Waals surface area contributed by atoms with Crippen LogP contribution in [0.25, 0.3) is 0 Å². The molecule has 1 heterocycles. The highest BCUT2D eigenvalue weighted by Gasteiger charge is 2.26. The molecule has 0 radical (unpaired) electrons. The van der Waals surface area contributed by atoms with E-state index >= 15 is 0 Å². The van der Waals surface area contributed by atoms with Crippen LogP contribution in [0, 0.1) is 0 Å². The average Bonchev–Trinajstić information content (AvgIpc) is 2.45. The summed E-state index contributed by atoms with van der Waals surface area (Å²) in [7, 11) is 0. The van der Waals surface area contributed by atoms with E-state index in [-0.39, 0.29) is 35.2 Å². The number of nitrogens with zero attached hydrogens (tertiary/aromatic N) is 2. The molecule has 0 bridgehead atoms. The van der Waals surface area contributed by atoms with Gasteiger partial charge in [0.2, 0.25) is 0 Å². The zero-order valence-corrected chi connectivity index (χ0v) is 14.7. The van der Waals surface area contributed by atoms with E-state index in [0.717, 1.165) is 6.54 Å². The number of rotatable bonds is 5. The summed E-state index contributed by atoms with van der Waals surface area (Å²) < 4.78 is 29.3. The standard InChI is InChI=1S/C16H23F2N3O2.ClH/c1-16(2,19)11-20-7-9-21(10-8-20)14(22)12-5-3-4-6-13(12)23-15(17)18;/h3-6,15H,7-11,19H2,1-2H3;1H. The molecule has 136 valence electrons. The summed E-state index contributed by atoms with van der Waals surface area (Å²) in [5.74, 6) is -0.370. The van der Waals surface area contributed by atoms with Crippen molar-refractivity contribution in [1.29, 1.82) is 0 Å². The molecule has 8 heteroatoms. The molecular weight excluding hydrogens is 340 g/mol. The Morgan fingerprint density at radius 3 is 2.38 bits per heavy atom. The zero-order chi connectivity index (χ0) is 17.0. The van der Waals surface area contributed by atoms with E-state index in [2.05, 4.69) is 9.64 Å². The summed E-state index contributed by atoms with van der Waals surface area (Å²) in [4.78, 5) is 16.4. The van der Waals surface area contributed by atoms with Crippen LogP contribution in [0.1, 0.15) is 24.2 Å². The number of benzene rings is 1. The Morgan fingerprint density at radius 2 is 1.83 bits per heavy atom. The highest BCUT2D eigenvalue weighted by molar-refractivity contribution is 5.97. The van der Waals surface area contributed by atoms with Crippen LogP contribution in [0.4, 0.5) is 8.78 Å². The second-order valence-corrected chi connectivity index (χ2v) is 6.43. The number of para-hydroxylation sites is 1. The minimum absolute atomic E-state index is 0. The molecule has 1 saturated heterocycles. The highest BCUT2D eigenvalue weighted by atomic mass is 35.5. The Kier molecular flexibility index (Phi) is 7.38. The molecule has 2 N–H and O–H groups in total. The van der Waals surface area contributed by atoms with Crippen molar-refractivity contribution in [3.8, 4) is 5.75 Å². The van der Waals surface area contributed by atoms with Gasteiger partial charge < -0.3 is 15.4 Å². The Balaban J connectivity index is 0.00000288. The molecule has 5 nitrogen and oxygen atoms in total. The van der Waals surface area contributed by atoms with E-state index in [4.69, 9.17) is 5.73 Å². The van der Waals surface area contributed by atoms with E-state index in [0.29, 0.717) is 26.2 Å². The van der Waals surface area contributed by atoms with Crippen LogP contribution < -0.4 is 10.5 Å². The van der Waals surface area contributed by atoms with Crippen molar-refractivity contribution in [2.24, 2.45) is 5.73 Å². The van der Waals surface area contributed by atoms with Crippen molar-refractivity contribution in [2.45, 2.75) is 26.0 Å². The van der Waals surface area contributed by atoms with Crippen LogP contribution in [0.15, 0.2) is 24.3 Å². The molecule has 0 atom stereocenters. The van der Waals surface area contributed by atoms with Crippen LogP contribution in [0.2, 0.25) is 0 Å². The van der Waals surface area contributed by atoms with Gasteiger partial charge in [-0.05, 0) is 26.0 Å². The maximum absolute atomic E-state index is 12.6. The van der Waals surface area contributed by atoms with Gasteiger partial charge in [0.15, 0.2) is 0 Å².